The summed E-state index contributed by atoms with van der Waals surface area (Å²) in [7, 11) is 0. The summed E-state index contributed by atoms with van der Waals surface area (Å²) in [5, 5.41) is 3.40. The second kappa shape index (κ2) is 7.06. The van der Waals surface area contributed by atoms with Crippen molar-refractivity contribution in [2.75, 3.05) is 6.61 Å². The first-order valence-electron chi connectivity index (χ1n) is 9.21. The zero-order chi connectivity index (χ0) is 18.9. The number of dihydropyridines is 1. The van der Waals surface area contributed by atoms with Crippen LogP contribution in [0.25, 0.3) is 0 Å². The van der Waals surface area contributed by atoms with E-state index in [-0.39, 0.29) is 17.2 Å². The van der Waals surface area contributed by atoms with Crippen LogP contribution in [0.1, 0.15) is 58.4 Å². The van der Waals surface area contributed by atoms with Crippen LogP contribution in [0.3, 0.4) is 0 Å². The molecule has 0 bridgehead atoms. The van der Waals surface area contributed by atoms with Crippen LogP contribution < -0.4 is 5.32 Å². The number of aromatic nitrogens is 1. The fourth-order valence-corrected chi connectivity index (χ4v) is 3.96. The molecule has 0 amide bonds. The number of carbonyl (C=O) groups excluding carboxylic acids is 2. The van der Waals surface area contributed by atoms with Crippen molar-refractivity contribution in [3.63, 3.8) is 0 Å². The third-order valence-corrected chi connectivity index (χ3v) is 4.99. The van der Waals surface area contributed by atoms with Gasteiger partial charge in [-0.25, -0.2) is 4.79 Å². The smallest absolute Gasteiger partial charge is 0.336 e. The molecule has 5 heteroatoms. The molecule has 26 heavy (non-hydrogen) atoms. The average Bonchev–Trinajstić information content (AvgIpc) is 2.59. The number of hydrogen-bond donors (Lipinski definition) is 1. The molecular weight excluding hydrogens is 328 g/mol. The molecule has 0 saturated carbocycles. The van der Waals surface area contributed by atoms with Crippen LogP contribution in [0.4, 0.5) is 0 Å². The van der Waals surface area contributed by atoms with Gasteiger partial charge in [-0.3, -0.25) is 9.78 Å². The summed E-state index contributed by atoms with van der Waals surface area (Å²) in [4.78, 5) is 30.1. The highest BCUT2D eigenvalue weighted by molar-refractivity contribution is 6.04. The van der Waals surface area contributed by atoms with Gasteiger partial charge in [-0.2, -0.15) is 0 Å². The number of nitrogens with one attached hydrogen (secondary N) is 1. The standard InChI is InChI=1S/C21H26N2O3/c1-5-14-19(20(25)26-6-2)17(13-8-7-9-22-12-13)18-15(23-14)10-21(3,4)11-16(18)24/h7-9,12,17,23H,5-6,10-11H2,1-4H3/t17-/m0/s1. The zero-order valence-corrected chi connectivity index (χ0v) is 15.9. The Morgan fingerprint density at radius 1 is 1.35 bits per heavy atom. The van der Waals surface area contributed by atoms with E-state index in [4.69, 9.17) is 4.74 Å². The fourth-order valence-electron chi connectivity index (χ4n) is 3.96. The predicted molar refractivity (Wildman–Crippen MR) is 99.1 cm³/mol. The van der Waals surface area contributed by atoms with E-state index < -0.39 is 5.92 Å². The van der Waals surface area contributed by atoms with E-state index in [0.717, 1.165) is 23.4 Å². The van der Waals surface area contributed by atoms with Crippen molar-refractivity contribution in [1.29, 1.82) is 0 Å². The van der Waals surface area contributed by atoms with Crippen LogP contribution in [-0.2, 0) is 14.3 Å². The summed E-state index contributed by atoms with van der Waals surface area (Å²) in [5.74, 6) is -0.693. The molecule has 2 aliphatic rings. The van der Waals surface area contributed by atoms with Crippen LogP contribution in [0.15, 0.2) is 47.1 Å². The lowest BCUT2D eigenvalue weighted by molar-refractivity contribution is -0.138. The molecule has 0 spiro atoms. The monoisotopic (exact) mass is 354 g/mol. The van der Waals surface area contributed by atoms with Gasteiger partial charge in [-0.15, -0.1) is 0 Å². The molecule has 0 fully saturated rings. The summed E-state index contributed by atoms with van der Waals surface area (Å²) in [6, 6.07) is 3.76. The molecule has 1 aliphatic carbocycles. The van der Waals surface area contributed by atoms with Crippen LogP contribution in [-0.4, -0.2) is 23.3 Å². The lowest BCUT2D eigenvalue weighted by Gasteiger charge is -2.39. The average molecular weight is 354 g/mol. The largest absolute Gasteiger partial charge is 0.463 e. The number of rotatable bonds is 4. The Morgan fingerprint density at radius 2 is 2.12 bits per heavy atom. The van der Waals surface area contributed by atoms with Gasteiger partial charge in [0.2, 0.25) is 0 Å². The number of hydrogen-bond acceptors (Lipinski definition) is 5. The first-order chi connectivity index (χ1) is 12.4. The molecule has 0 radical (unpaired) electrons. The maximum Gasteiger partial charge on any atom is 0.336 e. The van der Waals surface area contributed by atoms with Crippen molar-refractivity contribution in [2.24, 2.45) is 5.41 Å². The molecule has 0 unspecified atom stereocenters. The zero-order valence-electron chi connectivity index (χ0n) is 15.9. The Balaban J connectivity index is 2.19. The summed E-state index contributed by atoms with van der Waals surface area (Å²) in [6.45, 7) is 8.30. The van der Waals surface area contributed by atoms with Crippen molar-refractivity contribution in [1.82, 2.24) is 10.3 Å². The number of ether oxygens (including phenoxy) is 1. The van der Waals surface area contributed by atoms with E-state index in [1.165, 1.54) is 0 Å². The van der Waals surface area contributed by atoms with E-state index in [9.17, 15) is 9.59 Å². The van der Waals surface area contributed by atoms with Gasteiger partial charge in [0.25, 0.3) is 0 Å². The Morgan fingerprint density at radius 3 is 2.73 bits per heavy atom. The molecule has 1 N–H and O–H groups in total. The normalized spacial score (nSPS) is 22.0. The van der Waals surface area contributed by atoms with Gasteiger partial charge in [0.05, 0.1) is 12.2 Å². The van der Waals surface area contributed by atoms with Gasteiger partial charge in [-0.1, -0.05) is 26.8 Å². The Kier molecular flexibility index (Phi) is 4.99. The number of pyridine rings is 1. The van der Waals surface area contributed by atoms with Crippen molar-refractivity contribution in [3.8, 4) is 0 Å². The topological polar surface area (TPSA) is 68.3 Å². The molecule has 1 aromatic heterocycles. The van der Waals surface area contributed by atoms with Crippen molar-refractivity contribution < 1.29 is 14.3 Å². The fraction of sp³-hybridized carbons (Fsp3) is 0.476. The molecule has 1 aliphatic heterocycles. The Bertz CT molecular complexity index is 791. The number of carbonyl (C=O) groups is 2. The number of esters is 1. The molecule has 138 valence electrons. The van der Waals surface area contributed by atoms with Gasteiger partial charge in [0.15, 0.2) is 5.78 Å². The van der Waals surface area contributed by atoms with Gasteiger partial charge >= 0.3 is 5.97 Å². The van der Waals surface area contributed by atoms with Crippen LogP contribution in [0, 0.1) is 5.41 Å². The number of nitrogens with zero attached hydrogens (tertiary/aromatic N) is 1. The summed E-state index contributed by atoms with van der Waals surface area (Å²) < 4.78 is 5.33. The van der Waals surface area contributed by atoms with Crippen molar-refractivity contribution in [2.45, 2.75) is 52.9 Å². The SMILES string of the molecule is CCOC(=O)C1=C(CC)NC2=C(C(=O)CC(C)(C)C2)[C@@H]1c1cccnc1. The van der Waals surface area contributed by atoms with Crippen LogP contribution >= 0.6 is 0 Å². The maximum atomic E-state index is 13.1. The minimum Gasteiger partial charge on any atom is -0.463 e. The van der Waals surface area contributed by atoms with Gasteiger partial charge in [0, 0.05) is 41.7 Å². The van der Waals surface area contributed by atoms with E-state index in [1.54, 1.807) is 19.3 Å². The van der Waals surface area contributed by atoms with E-state index in [1.807, 2.05) is 19.1 Å². The third-order valence-electron chi connectivity index (χ3n) is 4.99. The lowest BCUT2D eigenvalue weighted by Crippen LogP contribution is -2.39. The molecule has 1 atom stereocenters. The van der Waals surface area contributed by atoms with Crippen LogP contribution in [0.5, 0.6) is 0 Å². The van der Waals surface area contributed by atoms with E-state index >= 15 is 0 Å². The molecule has 0 saturated heterocycles. The highest BCUT2D eigenvalue weighted by atomic mass is 16.5. The predicted octanol–water partition coefficient (Wildman–Crippen LogP) is 3.64. The van der Waals surface area contributed by atoms with Crippen molar-refractivity contribution in [3.05, 3.63) is 52.6 Å². The van der Waals surface area contributed by atoms with Gasteiger partial charge in [0.1, 0.15) is 0 Å². The van der Waals surface area contributed by atoms with E-state index in [2.05, 4.69) is 24.1 Å². The Labute approximate surface area is 154 Å². The highest BCUT2D eigenvalue weighted by Crippen LogP contribution is 2.47. The maximum absolute atomic E-state index is 13.1. The first-order valence-corrected chi connectivity index (χ1v) is 9.21. The summed E-state index contributed by atoms with van der Waals surface area (Å²) in [5.41, 5.74) is 3.75. The molecule has 0 aromatic carbocycles. The second-order valence-electron chi connectivity index (χ2n) is 7.64. The number of allylic oxidation sites excluding steroid dienone is 3. The molecule has 2 heterocycles. The number of Topliss-reactive ketones (excluding diaryl/α,β-unsaturated/α-hetero) is 1. The lowest BCUT2D eigenvalue weighted by atomic mass is 9.68. The quantitative estimate of drug-likeness (QED) is 0.836. The van der Waals surface area contributed by atoms with Crippen molar-refractivity contribution >= 4 is 11.8 Å². The number of ketones is 1. The minimum absolute atomic E-state index is 0.0922. The molecule has 3 rings (SSSR count). The van der Waals surface area contributed by atoms with Gasteiger partial charge in [-0.05, 0) is 36.8 Å². The Hall–Kier alpha value is -2.43. The molecular formula is C21H26N2O3. The second-order valence-corrected chi connectivity index (χ2v) is 7.64. The van der Waals surface area contributed by atoms with Crippen LogP contribution in [0.2, 0.25) is 0 Å². The first kappa shape index (κ1) is 18.4. The highest BCUT2D eigenvalue weighted by Gasteiger charge is 2.43. The molecule has 1 aromatic rings. The van der Waals surface area contributed by atoms with Gasteiger partial charge < -0.3 is 10.1 Å². The third kappa shape index (κ3) is 3.30. The summed E-state index contributed by atoms with van der Waals surface area (Å²) in [6.07, 6.45) is 5.35. The molecule has 5 nitrogen and oxygen atoms in total. The summed E-state index contributed by atoms with van der Waals surface area (Å²) >= 11 is 0. The van der Waals surface area contributed by atoms with E-state index in [0.29, 0.717) is 30.6 Å². The minimum atomic E-state index is -0.419.